The van der Waals surface area contributed by atoms with Crippen LogP contribution in [0.4, 0.5) is 0 Å². The smallest absolute Gasteiger partial charge is 0.198 e. The van der Waals surface area contributed by atoms with Gasteiger partial charge in [-0.05, 0) is 0 Å². The largest absolute Gasteiger partial charge is 0.408 e. The lowest BCUT2D eigenvalue weighted by Crippen LogP contribution is -2.15. The number of ether oxygens (including phenoxy) is 1. The van der Waals surface area contributed by atoms with Gasteiger partial charge in [0.25, 0.3) is 0 Å². The minimum absolute atomic E-state index is 0.464. The summed E-state index contributed by atoms with van der Waals surface area (Å²) < 4.78 is 6.37. The van der Waals surface area contributed by atoms with E-state index in [1.165, 1.54) is 11.1 Å². The van der Waals surface area contributed by atoms with E-state index < -0.39 is 0 Å². The fourth-order valence-electron chi connectivity index (χ4n) is 1.06. The molecule has 0 unspecified atom stereocenters. The molecule has 0 saturated heterocycles. The Morgan fingerprint density at radius 2 is 2.29 bits per heavy atom. The third-order valence-corrected chi connectivity index (χ3v) is 1.70. The summed E-state index contributed by atoms with van der Waals surface area (Å²) in [6.45, 7) is 0.997. The van der Waals surface area contributed by atoms with Crippen molar-refractivity contribution in [2.24, 2.45) is 0 Å². The standard InChI is InChI=1S/C8H10N4O2/c1-13-2-3-14-12-6-11-7-4-9-5-10-8(7)12/h4-6H,2-3H2,1H3. The van der Waals surface area contributed by atoms with E-state index in [1.54, 1.807) is 19.6 Å². The lowest BCUT2D eigenvalue weighted by atomic mass is 10.6. The number of hydrogen-bond donors (Lipinski definition) is 0. The van der Waals surface area contributed by atoms with Crippen LogP contribution in [0.3, 0.4) is 0 Å². The third kappa shape index (κ3) is 1.64. The molecule has 14 heavy (non-hydrogen) atoms. The fraction of sp³-hybridized carbons (Fsp3) is 0.375. The number of rotatable bonds is 4. The van der Waals surface area contributed by atoms with E-state index in [9.17, 15) is 0 Å². The second-order valence-electron chi connectivity index (χ2n) is 2.63. The van der Waals surface area contributed by atoms with Crippen LogP contribution >= 0.6 is 0 Å². The summed E-state index contributed by atoms with van der Waals surface area (Å²) in [4.78, 5) is 17.3. The van der Waals surface area contributed by atoms with Crippen LogP contribution in [0.2, 0.25) is 0 Å². The Kier molecular flexibility index (Phi) is 2.55. The molecule has 6 nitrogen and oxygen atoms in total. The van der Waals surface area contributed by atoms with E-state index in [0.29, 0.717) is 24.4 Å². The number of fused-ring (bicyclic) bond motifs is 1. The summed E-state index contributed by atoms with van der Waals surface area (Å²) in [6.07, 6.45) is 4.66. The molecule has 0 bridgehead atoms. The van der Waals surface area contributed by atoms with Crippen LogP contribution in [0, 0.1) is 0 Å². The Morgan fingerprint density at radius 1 is 1.36 bits per heavy atom. The first kappa shape index (κ1) is 8.89. The van der Waals surface area contributed by atoms with Crippen molar-refractivity contribution in [1.29, 1.82) is 0 Å². The van der Waals surface area contributed by atoms with Crippen LogP contribution in [0.5, 0.6) is 0 Å². The SMILES string of the molecule is COCCOn1cnc2cncnc21. The van der Waals surface area contributed by atoms with Gasteiger partial charge < -0.3 is 9.57 Å². The molecule has 2 heterocycles. The number of methoxy groups -OCH3 is 1. The zero-order valence-corrected chi connectivity index (χ0v) is 7.75. The maximum absolute atomic E-state index is 5.34. The maximum Gasteiger partial charge on any atom is 0.198 e. The highest BCUT2D eigenvalue weighted by Crippen LogP contribution is 2.04. The van der Waals surface area contributed by atoms with Gasteiger partial charge in [-0.15, -0.1) is 0 Å². The van der Waals surface area contributed by atoms with Crippen molar-refractivity contribution in [3.8, 4) is 0 Å². The summed E-state index contributed by atoms with van der Waals surface area (Å²) in [5.74, 6) is 0. The molecule has 0 saturated carbocycles. The topological polar surface area (TPSA) is 62.1 Å². The summed E-state index contributed by atoms with van der Waals surface area (Å²) in [7, 11) is 1.62. The van der Waals surface area contributed by atoms with Gasteiger partial charge in [-0.2, -0.15) is 4.73 Å². The number of hydrogen-bond acceptors (Lipinski definition) is 5. The Morgan fingerprint density at radius 3 is 3.14 bits per heavy atom. The van der Waals surface area contributed by atoms with Crippen LogP contribution in [0.25, 0.3) is 11.2 Å². The third-order valence-electron chi connectivity index (χ3n) is 1.70. The van der Waals surface area contributed by atoms with Crippen LogP contribution in [-0.4, -0.2) is 40.0 Å². The highest BCUT2D eigenvalue weighted by Gasteiger charge is 2.02. The molecular formula is C8H10N4O2. The molecule has 0 amide bonds. The predicted molar refractivity (Wildman–Crippen MR) is 48.6 cm³/mol. The van der Waals surface area contributed by atoms with Crippen LogP contribution in [0.15, 0.2) is 18.9 Å². The molecule has 0 atom stereocenters. The Labute approximate surface area is 80.5 Å². The van der Waals surface area contributed by atoms with E-state index in [0.717, 1.165) is 0 Å². The van der Waals surface area contributed by atoms with Crippen LogP contribution < -0.4 is 4.84 Å². The normalized spacial score (nSPS) is 10.6. The van der Waals surface area contributed by atoms with Crippen LogP contribution in [0.1, 0.15) is 0 Å². The van der Waals surface area contributed by atoms with Gasteiger partial charge >= 0.3 is 0 Å². The molecule has 74 valence electrons. The van der Waals surface area contributed by atoms with Gasteiger partial charge in [-0.25, -0.2) is 15.0 Å². The van der Waals surface area contributed by atoms with Crippen molar-refractivity contribution in [3.63, 3.8) is 0 Å². The van der Waals surface area contributed by atoms with Crippen molar-refractivity contribution in [2.75, 3.05) is 20.3 Å². The van der Waals surface area contributed by atoms with Crippen LogP contribution in [-0.2, 0) is 4.74 Å². The first-order valence-corrected chi connectivity index (χ1v) is 4.17. The molecule has 0 spiro atoms. The summed E-state index contributed by atoms with van der Waals surface area (Å²) in [5, 5.41) is 0. The molecule has 0 fully saturated rings. The minimum Gasteiger partial charge on any atom is -0.408 e. The van der Waals surface area contributed by atoms with Gasteiger partial charge in [-0.3, -0.25) is 0 Å². The summed E-state index contributed by atoms with van der Waals surface area (Å²) in [6, 6.07) is 0. The molecule has 2 aromatic rings. The monoisotopic (exact) mass is 194 g/mol. The molecule has 0 N–H and O–H groups in total. The average molecular weight is 194 g/mol. The molecule has 0 aliphatic carbocycles. The lowest BCUT2D eigenvalue weighted by Gasteiger charge is -2.04. The van der Waals surface area contributed by atoms with Gasteiger partial charge in [0.15, 0.2) is 5.65 Å². The molecule has 2 rings (SSSR count). The van der Waals surface area contributed by atoms with Gasteiger partial charge in [0.2, 0.25) is 0 Å². The van der Waals surface area contributed by atoms with Gasteiger partial charge in [-0.1, -0.05) is 0 Å². The molecule has 2 aromatic heterocycles. The molecule has 6 heteroatoms. The molecule has 0 aliphatic heterocycles. The summed E-state index contributed by atoms with van der Waals surface area (Å²) >= 11 is 0. The number of aromatic nitrogens is 4. The molecule has 0 aromatic carbocycles. The summed E-state index contributed by atoms with van der Waals surface area (Å²) in [5.41, 5.74) is 1.38. The molecule has 0 aliphatic rings. The van der Waals surface area contributed by atoms with E-state index in [2.05, 4.69) is 15.0 Å². The quantitative estimate of drug-likeness (QED) is 0.636. The lowest BCUT2D eigenvalue weighted by molar-refractivity contribution is 0.0623. The Hall–Kier alpha value is -1.69. The second-order valence-corrected chi connectivity index (χ2v) is 2.63. The number of nitrogens with zero attached hydrogens (tertiary/aromatic N) is 4. The molecular weight excluding hydrogens is 184 g/mol. The Bertz CT molecular complexity index is 414. The van der Waals surface area contributed by atoms with Gasteiger partial charge in [0.1, 0.15) is 24.8 Å². The fourth-order valence-corrected chi connectivity index (χ4v) is 1.06. The minimum atomic E-state index is 0.464. The second kappa shape index (κ2) is 4.01. The first-order valence-electron chi connectivity index (χ1n) is 4.17. The van der Waals surface area contributed by atoms with E-state index in [4.69, 9.17) is 9.57 Å². The zero-order valence-electron chi connectivity index (χ0n) is 7.75. The Balaban J connectivity index is 2.17. The maximum atomic E-state index is 5.34. The molecule has 0 radical (unpaired) electrons. The highest BCUT2D eigenvalue weighted by molar-refractivity contribution is 5.68. The van der Waals surface area contributed by atoms with Gasteiger partial charge in [0, 0.05) is 7.11 Å². The van der Waals surface area contributed by atoms with E-state index in [-0.39, 0.29) is 0 Å². The first-order chi connectivity index (χ1) is 6.92. The number of imidazole rings is 1. The van der Waals surface area contributed by atoms with E-state index in [1.807, 2.05) is 0 Å². The average Bonchev–Trinajstić information content (AvgIpc) is 2.63. The highest BCUT2D eigenvalue weighted by atomic mass is 16.7. The zero-order chi connectivity index (χ0) is 9.80. The van der Waals surface area contributed by atoms with Gasteiger partial charge in [0.05, 0.1) is 12.8 Å². The van der Waals surface area contributed by atoms with Crippen molar-refractivity contribution in [1.82, 2.24) is 19.7 Å². The van der Waals surface area contributed by atoms with Crippen molar-refractivity contribution in [3.05, 3.63) is 18.9 Å². The van der Waals surface area contributed by atoms with Crippen molar-refractivity contribution in [2.45, 2.75) is 0 Å². The predicted octanol–water partition coefficient (Wildman–Crippen LogP) is -0.0987. The van der Waals surface area contributed by atoms with E-state index >= 15 is 0 Å². The van der Waals surface area contributed by atoms with Crippen molar-refractivity contribution < 1.29 is 9.57 Å². The van der Waals surface area contributed by atoms with Crippen molar-refractivity contribution >= 4 is 11.2 Å².